The highest BCUT2D eigenvalue weighted by atomic mass is 16.5. The minimum Gasteiger partial charge on any atom is -0.494 e. The number of allylic oxidation sites excluding steroid dienone is 1. The maximum absolute atomic E-state index is 5.94. The van der Waals surface area contributed by atoms with E-state index in [-0.39, 0.29) is 0 Å². The summed E-state index contributed by atoms with van der Waals surface area (Å²) >= 11 is 0. The minimum atomic E-state index is 0.806. The highest BCUT2D eigenvalue weighted by molar-refractivity contribution is 5.64. The molecule has 0 spiro atoms. The molecule has 2 nitrogen and oxygen atoms in total. The van der Waals surface area contributed by atoms with Gasteiger partial charge in [0.25, 0.3) is 0 Å². The summed E-state index contributed by atoms with van der Waals surface area (Å²) in [5, 5.41) is 0. The van der Waals surface area contributed by atoms with Crippen molar-refractivity contribution in [3.63, 3.8) is 0 Å². The lowest BCUT2D eigenvalue weighted by Crippen LogP contribution is -1.97. The van der Waals surface area contributed by atoms with Crippen LogP contribution in [0.1, 0.15) is 103 Å². The Bertz CT molecular complexity index is 733. The molecule has 0 aromatic heterocycles. The largest absolute Gasteiger partial charge is 0.494 e. The molecule has 0 saturated heterocycles. The van der Waals surface area contributed by atoms with Gasteiger partial charge in [0, 0.05) is 0 Å². The molecule has 0 saturated carbocycles. The average Bonchev–Trinajstić information content (AvgIpc) is 2.87. The van der Waals surface area contributed by atoms with Gasteiger partial charge in [-0.25, -0.2) is 0 Å². The van der Waals surface area contributed by atoms with E-state index in [1.54, 1.807) is 0 Å². The van der Waals surface area contributed by atoms with Crippen molar-refractivity contribution in [3.8, 4) is 22.6 Å². The molecule has 188 valence electrons. The second-order valence-corrected chi connectivity index (χ2v) is 9.42. The van der Waals surface area contributed by atoms with E-state index in [0.717, 1.165) is 44.0 Å². The second kappa shape index (κ2) is 19.1. The molecule has 0 aliphatic carbocycles. The molecule has 2 aromatic rings. The molecule has 2 rings (SSSR count). The Morgan fingerprint density at radius 2 is 0.912 bits per heavy atom. The standard InChI is InChI=1S/C32H48O2/c1-3-5-7-9-11-12-14-16-18-28-34-32-25-21-30(22-26-32)29-19-23-31(24-20-29)33-27-17-15-13-10-8-6-4-2/h3,19-26H,1,4-18,27-28H2,2H3. The van der Waals surface area contributed by atoms with Crippen LogP contribution in [0, 0.1) is 0 Å². The zero-order chi connectivity index (χ0) is 24.1. The van der Waals surface area contributed by atoms with E-state index < -0.39 is 0 Å². The molecule has 0 N–H and O–H groups in total. The van der Waals surface area contributed by atoms with Crippen molar-refractivity contribution in [1.82, 2.24) is 0 Å². The fourth-order valence-electron chi connectivity index (χ4n) is 4.20. The number of hydrogen-bond acceptors (Lipinski definition) is 2. The lowest BCUT2D eigenvalue weighted by Gasteiger charge is -2.09. The van der Waals surface area contributed by atoms with Crippen molar-refractivity contribution in [2.75, 3.05) is 13.2 Å². The molecule has 0 heterocycles. The van der Waals surface area contributed by atoms with Crippen LogP contribution in [0.15, 0.2) is 61.2 Å². The first-order valence-corrected chi connectivity index (χ1v) is 13.9. The maximum atomic E-state index is 5.94. The third-order valence-electron chi connectivity index (χ3n) is 6.38. The predicted octanol–water partition coefficient (Wildman–Crippen LogP) is 10.2. The van der Waals surface area contributed by atoms with Crippen molar-refractivity contribution in [2.24, 2.45) is 0 Å². The van der Waals surface area contributed by atoms with E-state index in [1.807, 2.05) is 6.08 Å². The van der Waals surface area contributed by atoms with Gasteiger partial charge in [0.05, 0.1) is 13.2 Å². The number of ether oxygens (including phenoxy) is 2. The molecular weight excluding hydrogens is 416 g/mol. The lowest BCUT2D eigenvalue weighted by molar-refractivity contribution is 0.304. The normalized spacial score (nSPS) is 10.9. The van der Waals surface area contributed by atoms with Crippen LogP contribution in [0.4, 0.5) is 0 Å². The Morgan fingerprint density at radius 1 is 0.529 bits per heavy atom. The lowest BCUT2D eigenvalue weighted by atomic mass is 10.1. The van der Waals surface area contributed by atoms with Crippen molar-refractivity contribution in [1.29, 1.82) is 0 Å². The monoisotopic (exact) mass is 464 g/mol. The zero-order valence-corrected chi connectivity index (χ0v) is 21.7. The van der Waals surface area contributed by atoms with E-state index in [0.29, 0.717) is 0 Å². The molecule has 0 bridgehead atoms. The van der Waals surface area contributed by atoms with Gasteiger partial charge in [-0.15, -0.1) is 6.58 Å². The number of benzene rings is 2. The van der Waals surface area contributed by atoms with Gasteiger partial charge in [0.2, 0.25) is 0 Å². The van der Waals surface area contributed by atoms with E-state index in [9.17, 15) is 0 Å². The van der Waals surface area contributed by atoms with E-state index in [2.05, 4.69) is 62.0 Å². The molecule has 0 unspecified atom stereocenters. The Balaban J connectivity index is 1.57. The molecule has 0 radical (unpaired) electrons. The molecular formula is C32H48O2. The summed E-state index contributed by atoms with van der Waals surface area (Å²) in [6.45, 7) is 7.66. The van der Waals surface area contributed by atoms with Crippen LogP contribution in [0.2, 0.25) is 0 Å². The summed E-state index contributed by atoms with van der Waals surface area (Å²) in [5.74, 6) is 1.93. The maximum Gasteiger partial charge on any atom is 0.119 e. The van der Waals surface area contributed by atoms with E-state index in [4.69, 9.17) is 9.47 Å². The quantitative estimate of drug-likeness (QED) is 0.135. The second-order valence-electron chi connectivity index (χ2n) is 9.42. The summed E-state index contributed by atoms with van der Waals surface area (Å²) in [4.78, 5) is 0. The van der Waals surface area contributed by atoms with Crippen LogP contribution < -0.4 is 9.47 Å². The molecule has 0 amide bonds. The Labute approximate surface area is 209 Å². The Kier molecular flexibility index (Phi) is 15.8. The smallest absolute Gasteiger partial charge is 0.119 e. The molecule has 2 aromatic carbocycles. The highest BCUT2D eigenvalue weighted by Crippen LogP contribution is 2.25. The van der Waals surface area contributed by atoms with Crippen molar-refractivity contribution >= 4 is 0 Å². The van der Waals surface area contributed by atoms with Gasteiger partial charge in [-0.2, -0.15) is 0 Å². The summed E-state index contributed by atoms with van der Waals surface area (Å²) < 4.78 is 11.9. The van der Waals surface area contributed by atoms with Gasteiger partial charge in [0.15, 0.2) is 0 Å². The fourth-order valence-corrected chi connectivity index (χ4v) is 4.20. The molecule has 0 aliphatic rings. The first-order chi connectivity index (χ1) is 16.8. The summed E-state index contributed by atoms with van der Waals surface area (Å²) in [6.07, 6.45) is 21.4. The van der Waals surface area contributed by atoms with Gasteiger partial charge in [-0.05, 0) is 61.1 Å². The van der Waals surface area contributed by atoms with Crippen LogP contribution in [0.3, 0.4) is 0 Å². The van der Waals surface area contributed by atoms with Gasteiger partial charge < -0.3 is 9.47 Å². The van der Waals surface area contributed by atoms with Crippen molar-refractivity contribution in [3.05, 3.63) is 61.2 Å². The van der Waals surface area contributed by atoms with Gasteiger partial charge in [0.1, 0.15) is 11.5 Å². The minimum absolute atomic E-state index is 0.806. The number of unbranched alkanes of at least 4 members (excludes halogenated alkanes) is 13. The third-order valence-corrected chi connectivity index (χ3v) is 6.38. The predicted molar refractivity (Wildman–Crippen MR) is 148 cm³/mol. The highest BCUT2D eigenvalue weighted by Gasteiger charge is 2.01. The molecule has 0 aliphatic heterocycles. The van der Waals surface area contributed by atoms with Crippen LogP contribution in [-0.2, 0) is 0 Å². The number of hydrogen-bond donors (Lipinski definition) is 0. The van der Waals surface area contributed by atoms with Crippen LogP contribution in [-0.4, -0.2) is 13.2 Å². The van der Waals surface area contributed by atoms with Gasteiger partial charge >= 0.3 is 0 Å². The van der Waals surface area contributed by atoms with Crippen LogP contribution >= 0.6 is 0 Å². The molecule has 34 heavy (non-hydrogen) atoms. The first kappa shape index (κ1) is 28.0. The van der Waals surface area contributed by atoms with E-state index >= 15 is 0 Å². The molecule has 2 heteroatoms. The molecule has 0 fully saturated rings. The number of rotatable bonds is 21. The summed E-state index contributed by atoms with van der Waals surface area (Å²) in [6, 6.07) is 16.9. The van der Waals surface area contributed by atoms with Crippen molar-refractivity contribution in [2.45, 2.75) is 103 Å². The Morgan fingerprint density at radius 3 is 1.32 bits per heavy atom. The average molecular weight is 465 g/mol. The van der Waals surface area contributed by atoms with Crippen LogP contribution in [0.25, 0.3) is 11.1 Å². The summed E-state index contributed by atoms with van der Waals surface area (Å²) in [7, 11) is 0. The van der Waals surface area contributed by atoms with Gasteiger partial charge in [-0.3, -0.25) is 0 Å². The SMILES string of the molecule is C=CCCCCCCCCCOc1ccc(-c2ccc(OCCCCCCCCC)cc2)cc1. The summed E-state index contributed by atoms with van der Waals surface area (Å²) in [5.41, 5.74) is 2.42. The Hall–Kier alpha value is -2.22. The van der Waals surface area contributed by atoms with E-state index in [1.165, 1.54) is 88.2 Å². The first-order valence-electron chi connectivity index (χ1n) is 13.9. The topological polar surface area (TPSA) is 18.5 Å². The third kappa shape index (κ3) is 12.9. The van der Waals surface area contributed by atoms with Gasteiger partial charge in [-0.1, -0.05) is 108 Å². The van der Waals surface area contributed by atoms with Crippen molar-refractivity contribution < 1.29 is 9.47 Å². The van der Waals surface area contributed by atoms with Crippen LogP contribution in [0.5, 0.6) is 11.5 Å². The molecule has 0 atom stereocenters. The fraction of sp³-hybridized carbons (Fsp3) is 0.562. The zero-order valence-electron chi connectivity index (χ0n) is 21.7.